The maximum absolute atomic E-state index is 10.7. The van der Waals surface area contributed by atoms with Crippen molar-refractivity contribution < 1.29 is 9.90 Å². The van der Waals surface area contributed by atoms with E-state index in [1.54, 1.807) is 0 Å². The van der Waals surface area contributed by atoms with E-state index >= 15 is 0 Å². The van der Waals surface area contributed by atoms with Crippen LogP contribution in [0, 0.1) is 5.92 Å². The molecule has 0 unspecified atom stereocenters. The second-order valence-corrected chi connectivity index (χ2v) is 5.97. The minimum absolute atomic E-state index is 0.333. The number of nitrogens with zero attached hydrogens (tertiary/aromatic N) is 2. The van der Waals surface area contributed by atoms with Gasteiger partial charge in [-0.1, -0.05) is 18.2 Å². The SMILES string of the molecule is O=C(O)CC1CN(C2CCN(c3ccccc3)CC2)C1. The van der Waals surface area contributed by atoms with Gasteiger partial charge in [0.15, 0.2) is 0 Å². The number of benzene rings is 1. The largest absolute Gasteiger partial charge is 0.481 e. The van der Waals surface area contributed by atoms with Gasteiger partial charge in [0.2, 0.25) is 0 Å². The van der Waals surface area contributed by atoms with Gasteiger partial charge in [0, 0.05) is 37.9 Å². The summed E-state index contributed by atoms with van der Waals surface area (Å²) in [7, 11) is 0. The topological polar surface area (TPSA) is 43.8 Å². The molecule has 4 heteroatoms. The molecule has 108 valence electrons. The van der Waals surface area contributed by atoms with E-state index < -0.39 is 5.97 Å². The molecule has 2 fully saturated rings. The van der Waals surface area contributed by atoms with Crippen LogP contribution >= 0.6 is 0 Å². The smallest absolute Gasteiger partial charge is 0.303 e. The lowest BCUT2D eigenvalue weighted by molar-refractivity contribution is -0.139. The monoisotopic (exact) mass is 274 g/mol. The van der Waals surface area contributed by atoms with Gasteiger partial charge in [-0.3, -0.25) is 9.69 Å². The molecule has 20 heavy (non-hydrogen) atoms. The van der Waals surface area contributed by atoms with Gasteiger partial charge < -0.3 is 10.0 Å². The van der Waals surface area contributed by atoms with Crippen molar-refractivity contribution in [3.63, 3.8) is 0 Å². The van der Waals surface area contributed by atoms with E-state index in [4.69, 9.17) is 5.11 Å². The van der Waals surface area contributed by atoms with Gasteiger partial charge in [-0.25, -0.2) is 0 Å². The summed E-state index contributed by atoms with van der Waals surface area (Å²) < 4.78 is 0. The fourth-order valence-electron chi connectivity index (χ4n) is 3.41. The second-order valence-electron chi connectivity index (χ2n) is 5.97. The highest BCUT2D eigenvalue weighted by atomic mass is 16.4. The van der Waals surface area contributed by atoms with Gasteiger partial charge in [0.1, 0.15) is 0 Å². The Kier molecular flexibility index (Phi) is 3.92. The van der Waals surface area contributed by atoms with Crippen LogP contribution in [0.5, 0.6) is 0 Å². The predicted molar refractivity (Wildman–Crippen MR) is 79.0 cm³/mol. The van der Waals surface area contributed by atoms with E-state index in [0.29, 0.717) is 18.4 Å². The van der Waals surface area contributed by atoms with Crippen molar-refractivity contribution in [2.45, 2.75) is 25.3 Å². The highest BCUT2D eigenvalue weighted by molar-refractivity contribution is 5.67. The van der Waals surface area contributed by atoms with Gasteiger partial charge in [0.05, 0.1) is 6.42 Å². The zero-order valence-electron chi connectivity index (χ0n) is 11.7. The molecule has 0 radical (unpaired) electrons. The average molecular weight is 274 g/mol. The van der Waals surface area contributed by atoms with Crippen LogP contribution in [0.15, 0.2) is 30.3 Å². The Bertz CT molecular complexity index is 449. The van der Waals surface area contributed by atoms with Crippen molar-refractivity contribution in [1.29, 1.82) is 0 Å². The summed E-state index contributed by atoms with van der Waals surface area (Å²) in [4.78, 5) is 15.6. The maximum atomic E-state index is 10.7. The number of carbonyl (C=O) groups is 1. The van der Waals surface area contributed by atoms with Crippen LogP contribution < -0.4 is 4.90 Å². The van der Waals surface area contributed by atoms with E-state index in [1.807, 2.05) is 0 Å². The summed E-state index contributed by atoms with van der Waals surface area (Å²) in [6.45, 7) is 4.16. The minimum Gasteiger partial charge on any atom is -0.481 e. The standard InChI is InChI=1S/C16H22N2O2/c19-16(20)10-13-11-18(12-13)15-6-8-17(9-7-15)14-4-2-1-3-5-14/h1-5,13,15H,6-12H2,(H,19,20). The summed E-state index contributed by atoms with van der Waals surface area (Å²) in [5.74, 6) is -0.284. The third kappa shape index (κ3) is 2.96. The number of rotatable bonds is 4. The molecule has 0 bridgehead atoms. The minimum atomic E-state index is -0.659. The van der Waals surface area contributed by atoms with Gasteiger partial charge >= 0.3 is 5.97 Å². The van der Waals surface area contributed by atoms with Crippen molar-refractivity contribution in [2.75, 3.05) is 31.1 Å². The highest BCUT2D eigenvalue weighted by Gasteiger charge is 2.34. The van der Waals surface area contributed by atoms with Gasteiger partial charge in [-0.05, 0) is 30.9 Å². The normalized spacial score (nSPS) is 21.7. The fourth-order valence-corrected chi connectivity index (χ4v) is 3.41. The first kappa shape index (κ1) is 13.4. The Balaban J connectivity index is 1.45. The third-order valence-corrected chi connectivity index (χ3v) is 4.55. The molecule has 0 atom stereocenters. The zero-order chi connectivity index (χ0) is 13.9. The predicted octanol–water partition coefficient (Wildman–Crippen LogP) is 2.06. The molecule has 3 rings (SSSR count). The molecular weight excluding hydrogens is 252 g/mol. The molecule has 1 N–H and O–H groups in total. The lowest BCUT2D eigenvalue weighted by Gasteiger charge is -2.47. The molecule has 1 aromatic carbocycles. The number of para-hydroxylation sites is 1. The van der Waals surface area contributed by atoms with Crippen LogP contribution in [0.25, 0.3) is 0 Å². The molecule has 2 aliphatic rings. The molecule has 0 amide bonds. The number of carboxylic acids is 1. The number of likely N-dealkylation sites (tertiary alicyclic amines) is 1. The van der Waals surface area contributed by atoms with Crippen molar-refractivity contribution in [3.05, 3.63) is 30.3 Å². The van der Waals surface area contributed by atoms with Crippen LogP contribution in [0.4, 0.5) is 5.69 Å². The Morgan fingerprint density at radius 3 is 2.40 bits per heavy atom. The van der Waals surface area contributed by atoms with Gasteiger partial charge in [-0.15, -0.1) is 0 Å². The van der Waals surface area contributed by atoms with Crippen molar-refractivity contribution in [3.8, 4) is 0 Å². The van der Waals surface area contributed by atoms with Crippen LogP contribution in [0.3, 0.4) is 0 Å². The molecule has 2 saturated heterocycles. The van der Waals surface area contributed by atoms with E-state index in [0.717, 1.165) is 26.2 Å². The summed E-state index contributed by atoms with van der Waals surface area (Å²) in [5, 5.41) is 8.78. The summed E-state index contributed by atoms with van der Waals surface area (Å²) in [6.07, 6.45) is 2.71. The fraction of sp³-hybridized carbons (Fsp3) is 0.562. The highest BCUT2D eigenvalue weighted by Crippen LogP contribution is 2.28. The van der Waals surface area contributed by atoms with Gasteiger partial charge in [-0.2, -0.15) is 0 Å². The number of hydrogen-bond acceptors (Lipinski definition) is 3. The van der Waals surface area contributed by atoms with E-state index in [9.17, 15) is 4.79 Å². The lowest BCUT2D eigenvalue weighted by Crippen LogP contribution is -2.55. The second kappa shape index (κ2) is 5.83. The number of piperidine rings is 1. The summed E-state index contributed by atoms with van der Waals surface area (Å²) in [6, 6.07) is 11.2. The van der Waals surface area contributed by atoms with Crippen LogP contribution in [-0.2, 0) is 4.79 Å². The van der Waals surface area contributed by atoms with Gasteiger partial charge in [0.25, 0.3) is 0 Å². The van der Waals surface area contributed by atoms with Crippen molar-refractivity contribution >= 4 is 11.7 Å². The number of carboxylic acid groups (broad SMARTS) is 1. The summed E-state index contributed by atoms with van der Waals surface area (Å²) in [5.41, 5.74) is 1.32. The number of hydrogen-bond donors (Lipinski definition) is 1. The molecule has 2 heterocycles. The summed E-state index contributed by atoms with van der Waals surface area (Å²) >= 11 is 0. The molecular formula is C16H22N2O2. The molecule has 2 aliphatic heterocycles. The first-order chi connectivity index (χ1) is 9.72. The van der Waals surface area contributed by atoms with Crippen molar-refractivity contribution in [2.24, 2.45) is 5.92 Å². The van der Waals surface area contributed by atoms with Crippen LogP contribution in [0.1, 0.15) is 19.3 Å². The number of anilines is 1. The molecule has 4 nitrogen and oxygen atoms in total. The quantitative estimate of drug-likeness (QED) is 0.913. The molecule has 0 spiro atoms. The Morgan fingerprint density at radius 1 is 1.15 bits per heavy atom. The maximum Gasteiger partial charge on any atom is 0.303 e. The molecule has 0 aliphatic carbocycles. The molecule has 0 saturated carbocycles. The Labute approximate surface area is 120 Å². The van der Waals surface area contributed by atoms with Crippen LogP contribution in [0.2, 0.25) is 0 Å². The first-order valence-corrected chi connectivity index (χ1v) is 7.48. The third-order valence-electron chi connectivity index (χ3n) is 4.55. The van der Waals surface area contributed by atoms with E-state index in [-0.39, 0.29) is 0 Å². The van der Waals surface area contributed by atoms with Crippen molar-refractivity contribution in [1.82, 2.24) is 4.90 Å². The molecule has 1 aromatic rings. The first-order valence-electron chi connectivity index (χ1n) is 7.48. The number of aliphatic carboxylic acids is 1. The lowest BCUT2D eigenvalue weighted by atomic mass is 9.91. The molecule has 0 aromatic heterocycles. The Hall–Kier alpha value is -1.55. The van der Waals surface area contributed by atoms with E-state index in [1.165, 1.54) is 18.5 Å². The average Bonchev–Trinajstić information content (AvgIpc) is 2.43. The zero-order valence-corrected chi connectivity index (χ0v) is 11.7. The van der Waals surface area contributed by atoms with Crippen LogP contribution in [-0.4, -0.2) is 48.2 Å². The van der Waals surface area contributed by atoms with E-state index in [2.05, 4.69) is 40.1 Å². The Morgan fingerprint density at radius 2 is 1.80 bits per heavy atom.